The third-order valence-corrected chi connectivity index (χ3v) is 5.26. The van der Waals surface area contributed by atoms with Gasteiger partial charge in [-0.15, -0.1) is 0 Å². The van der Waals surface area contributed by atoms with E-state index in [2.05, 4.69) is 5.32 Å². The number of carboxylic acid groups (broad SMARTS) is 1. The Labute approximate surface area is 187 Å². The van der Waals surface area contributed by atoms with E-state index >= 15 is 0 Å². The normalized spacial score (nSPS) is 15.3. The van der Waals surface area contributed by atoms with E-state index in [1.807, 2.05) is 0 Å². The number of nitrogens with one attached hydrogen (secondary N) is 1. The summed E-state index contributed by atoms with van der Waals surface area (Å²) in [5, 5.41) is 11.9. The number of carboxylic acids is 1. The fraction of sp³-hybridized carbons (Fsp3) is 0. The number of carbonyl (C=O) groups excluding carboxylic acids is 2. The highest BCUT2D eigenvalue weighted by atomic mass is 35.5. The molecule has 0 radical (unpaired) electrons. The Morgan fingerprint density at radius 3 is 2.42 bits per heavy atom. The van der Waals surface area contributed by atoms with Crippen LogP contribution in [-0.2, 0) is 9.59 Å². The molecule has 0 bridgehead atoms. The number of aromatic nitrogens is 1. The molecule has 1 aliphatic rings. The average molecular weight is 452 g/mol. The molecule has 0 atom stereocenters. The zero-order chi connectivity index (χ0) is 22.1. The van der Waals surface area contributed by atoms with Gasteiger partial charge in [0.05, 0.1) is 16.3 Å². The minimum Gasteiger partial charge on any atom is -0.478 e. The van der Waals surface area contributed by atoms with Crippen LogP contribution in [0.15, 0.2) is 72.4 Å². The van der Waals surface area contributed by atoms with Crippen molar-refractivity contribution in [2.24, 2.45) is 0 Å². The summed E-state index contributed by atoms with van der Waals surface area (Å²) >= 11 is 11.4. The van der Waals surface area contributed by atoms with Crippen LogP contribution in [0.5, 0.6) is 0 Å². The first-order chi connectivity index (χ1) is 14.9. The molecule has 2 heterocycles. The van der Waals surface area contributed by atoms with Gasteiger partial charge in [0.25, 0.3) is 11.8 Å². The molecule has 4 rings (SSSR count). The fourth-order valence-electron chi connectivity index (χ4n) is 3.17. The number of anilines is 1. The Kier molecular flexibility index (Phi) is 5.41. The highest BCUT2D eigenvalue weighted by Crippen LogP contribution is 2.29. The lowest BCUT2D eigenvalue weighted by Crippen LogP contribution is -2.54. The van der Waals surface area contributed by atoms with Gasteiger partial charge in [-0.25, -0.2) is 4.79 Å². The standard InChI is InChI=1S/C22H14ClN3O4S/c23-17-5-1-2-6-18(17)26-20(28)16(19(27)24-22(26)31)12-15-4-3-11-25(15)14-9-7-13(8-10-14)21(29)30/h1-12H,(H,29,30)(H,24,27,31)/b16-12+. The Bertz CT molecular complexity index is 1260. The van der Waals surface area contributed by atoms with Gasteiger partial charge in [0.15, 0.2) is 5.11 Å². The Balaban J connectivity index is 1.73. The molecule has 2 amide bonds. The highest BCUT2D eigenvalue weighted by molar-refractivity contribution is 7.80. The number of thiocarbonyl (C=S) groups is 1. The molecule has 0 spiro atoms. The van der Waals surface area contributed by atoms with Crippen LogP contribution in [0.1, 0.15) is 16.1 Å². The summed E-state index contributed by atoms with van der Waals surface area (Å²) in [6, 6.07) is 16.4. The minimum atomic E-state index is -1.03. The summed E-state index contributed by atoms with van der Waals surface area (Å²) in [5.41, 5.74) is 1.62. The molecular formula is C22H14ClN3O4S. The van der Waals surface area contributed by atoms with Crippen LogP contribution in [0, 0.1) is 0 Å². The largest absolute Gasteiger partial charge is 0.478 e. The predicted molar refractivity (Wildman–Crippen MR) is 120 cm³/mol. The molecule has 0 saturated carbocycles. The first kappa shape index (κ1) is 20.5. The van der Waals surface area contributed by atoms with Crippen molar-refractivity contribution >= 4 is 58.5 Å². The lowest BCUT2D eigenvalue weighted by molar-refractivity contribution is -0.122. The first-order valence-corrected chi connectivity index (χ1v) is 9.82. The van der Waals surface area contributed by atoms with Crippen molar-refractivity contribution in [3.8, 4) is 5.69 Å². The molecule has 1 aliphatic heterocycles. The Hall–Kier alpha value is -3.75. The molecule has 9 heteroatoms. The number of halogens is 1. The van der Waals surface area contributed by atoms with Gasteiger partial charge < -0.3 is 9.67 Å². The van der Waals surface area contributed by atoms with E-state index in [0.717, 1.165) is 0 Å². The van der Waals surface area contributed by atoms with E-state index in [9.17, 15) is 14.4 Å². The maximum atomic E-state index is 13.2. The maximum Gasteiger partial charge on any atom is 0.335 e. The van der Waals surface area contributed by atoms with Crippen molar-refractivity contribution in [1.82, 2.24) is 9.88 Å². The van der Waals surface area contributed by atoms with Crippen molar-refractivity contribution in [3.05, 3.63) is 88.7 Å². The van der Waals surface area contributed by atoms with Gasteiger partial charge in [0, 0.05) is 17.6 Å². The number of hydrogen-bond acceptors (Lipinski definition) is 4. The molecule has 154 valence electrons. The van der Waals surface area contributed by atoms with Crippen LogP contribution < -0.4 is 10.2 Å². The number of carbonyl (C=O) groups is 3. The lowest BCUT2D eigenvalue weighted by Gasteiger charge is -2.29. The van der Waals surface area contributed by atoms with E-state index in [-0.39, 0.29) is 16.2 Å². The monoisotopic (exact) mass is 451 g/mol. The van der Waals surface area contributed by atoms with Crippen LogP contribution in [0.25, 0.3) is 11.8 Å². The second kappa shape index (κ2) is 8.17. The number of nitrogens with zero attached hydrogens (tertiary/aromatic N) is 2. The molecule has 2 aromatic carbocycles. The van der Waals surface area contributed by atoms with E-state index < -0.39 is 17.8 Å². The van der Waals surface area contributed by atoms with Gasteiger partial charge in [0.2, 0.25) is 0 Å². The summed E-state index contributed by atoms with van der Waals surface area (Å²) in [7, 11) is 0. The van der Waals surface area contributed by atoms with E-state index in [4.69, 9.17) is 28.9 Å². The second-order valence-corrected chi connectivity index (χ2v) is 7.36. The Morgan fingerprint density at radius 2 is 1.74 bits per heavy atom. The van der Waals surface area contributed by atoms with Crippen molar-refractivity contribution < 1.29 is 19.5 Å². The molecule has 1 saturated heterocycles. The van der Waals surface area contributed by atoms with Gasteiger partial charge in [-0.3, -0.25) is 19.8 Å². The average Bonchev–Trinajstić information content (AvgIpc) is 3.20. The summed E-state index contributed by atoms with van der Waals surface area (Å²) in [4.78, 5) is 38.0. The molecule has 31 heavy (non-hydrogen) atoms. The Morgan fingerprint density at radius 1 is 1.03 bits per heavy atom. The molecule has 0 aliphatic carbocycles. The summed E-state index contributed by atoms with van der Waals surface area (Å²) in [6.07, 6.45) is 3.19. The number of aromatic carboxylic acids is 1. The van der Waals surface area contributed by atoms with Crippen LogP contribution in [0.2, 0.25) is 5.02 Å². The van der Waals surface area contributed by atoms with Gasteiger partial charge in [0.1, 0.15) is 5.57 Å². The predicted octanol–water partition coefficient (Wildman–Crippen LogP) is 3.66. The smallest absolute Gasteiger partial charge is 0.335 e. The highest BCUT2D eigenvalue weighted by Gasteiger charge is 2.35. The molecule has 1 fully saturated rings. The third kappa shape index (κ3) is 3.86. The van der Waals surface area contributed by atoms with Crippen LogP contribution >= 0.6 is 23.8 Å². The number of rotatable bonds is 4. The maximum absolute atomic E-state index is 13.2. The second-order valence-electron chi connectivity index (χ2n) is 6.56. The summed E-state index contributed by atoms with van der Waals surface area (Å²) < 4.78 is 1.73. The SMILES string of the molecule is O=C1NC(=S)N(c2ccccc2Cl)C(=O)/C1=C/c1cccn1-c1ccc(C(=O)O)cc1. The van der Waals surface area contributed by atoms with Crippen LogP contribution in [0.3, 0.4) is 0 Å². The molecule has 1 aromatic heterocycles. The van der Waals surface area contributed by atoms with Crippen molar-refractivity contribution in [3.63, 3.8) is 0 Å². The number of amides is 2. The van der Waals surface area contributed by atoms with Gasteiger partial charge in [-0.2, -0.15) is 0 Å². The van der Waals surface area contributed by atoms with Gasteiger partial charge in [-0.05, 0) is 66.8 Å². The molecule has 0 unspecified atom stereocenters. The molecule has 3 aromatic rings. The number of benzene rings is 2. The van der Waals surface area contributed by atoms with Gasteiger partial charge in [-0.1, -0.05) is 23.7 Å². The summed E-state index contributed by atoms with van der Waals surface area (Å²) in [5.74, 6) is -2.25. The lowest BCUT2D eigenvalue weighted by atomic mass is 10.1. The topological polar surface area (TPSA) is 91.6 Å². The van der Waals surface area contributed by atoms with E-state index in [1.54, 1.807) is 59.3 Å². The van der Waals surface area contributed by atoms with Crippen LogP contribution in [-0.4, -0.2) is 32.6 Å². The zero-order valence-corrected chi connectivity index (χ0v) is 17.4. The summed E-state index contributed by atoms with van der Waals surface area (Å²) in [6.45, 7) is 0. The molecule has 2 N–H and O–H groups in total. The van der Waals surface area contributed by atoms with Crippen molar-refractivity contribution in [2.45, 2.75) is 0 Å². The minimum absolute atomic E-state index is 0.0557. The third-order valence-electron chi connectivity index (χ3n) is 4.66. The van der Waals surface area contributed by atoms with Crippen LogP contribution in [0.4, 0.5) is 5.69 Å². The fourth-order valence-corrected chi connectivity index (χ4v) is 3.66. The van der Waals surface area contributed by atoms with Crippen molar-refractivity contribution in [1.29, 1.82) is 0 Å². The van der Waals surface area contributed by atoms with Gasteiger partial charge >= 0.3 is 5.97 Å². The number of para-hydroxylation sites is 1. The van der Waals surface area contributed by atoms with E-state index in [1.165, 1.54) is 23.1 Å². The van der Waals surface area contributed by atoms with E-state index in [0.29, 0.717) is 22.1 Å². The molecular weight excluding hydrogens is 438 g/mol. The molecule has 7 nitrogen and oxygen atoms in total. The first-order valence-electron chi connectivity index (χ1n) is 9.04. The number of hydrogen-bond donors (Lipinski definition) is 2. The van der Waals surface area contributed by atoms with Crippen molar-refractivity contribution in [2.75, 3.05) is 4.90 Å². The zero-order valence-electron chi connectivity index (χ0n) is 15.8. The quantitative estimate of drug-likeness (QED) is 0.359.